The van der Waals surface area contributed by atoms with Gasteiger partial charge in [0.25, 0.3) is 0 Å². The Labute approximate surface area is 151 Å². The molecular weight excluding hydrogens is 340 g/mol. The second-order valence-electron chi connectivity index (χ2n) is 5.82. The largest absolute Gasteiger partial charge is 0.392 e. The van der Waals surface area contributed by atoms with Crippen molar-refractivity contribution in [2.24, 2.45) is 0 Å². The van der Waals surface area contributed by atoms with Crippen LogP contribution in [0.15, 0.2) is 24.5 Å². The van der Waals surface area contributed by atoms with E-state index in [-0.39, 0.29) is 23.7 Å². The van der Waals surface area contributed by atoms with E-state index in [2.05, 4.69) is 23.8 Å². The van der Waals surface area contributed by atoms with Crippen molar-refractivity contribution in [3.05, 3.63) is 58.2 Å². The van der Waals surface area contributed by atoms with E-state index in [1.165, 1.54) is 0 Å². The summed E-state index contributed by atoms with van der Waals surface area (Å²) < 4.78 is 0. The smallest absolute Gasteiger partial charge is 0.0699 e. The van der Waals surface area contributed by atoms with E-state index in [9.17, 15) is 10.2 Å². The Morgan fingerprint density at radius 3 is 1.54 bits per heavy atom. The minimum absolute atomic E-state index is 0.0204. The third kappa shape index (κ3) is 4.72. The highest BCUT2D eigenvalue weighted by molar-refractivity contribution is 8.76. The highest BCUT2D eigenvalue weighted by atomic mass is 33.1. The van der Waals surface area contributed by atoms with E-state index in [0.717, 1.165) is 33.6 Å². The molecule has 0 aliphatic heterocycles. The Kier molecular flexibility index (Phi) is 7.10. The van der Waals surface area contributed by atoms with Gasteiger partial charge in [-0.05, 0) is 62.1 Å². The normalized spacial score (nSPS) is 13.8. The first kappa shape index (κ1) is 19.2. The van der Waals surface area contributed by atoms with Crippen molar-refractivity contribution in [2.45, 2.75) is 51.4 Å². The summed E-state index contributed by atoms with van der Waals surface area (Å²) in [5, 5.41) is 19.3. The van der Waals surface area contributed by atoms with Crippen LogP contribution in [0.5, 0.6) is 0 Å². The average Bonchev–Trinajstić information content (AvgIpc) is 2.60. The SMILES string of the molecule is Cc1ncc(C(C)SSC(C)c2cnc(C)c(CO)c2)cc1CO. The lowest BCUT2D eigenvalue weighted by molar-refractivity contribution is 0.280. The zero-order valence-electron chi connectivity index (χ0n) is 14.5. The Hall–Kier alpha value is -1.08. The molecule has 0 saturated carbocycles. The van der Waals surface area contributed by atoms with E-state index in [1.807, 2.05) is 38.4 Å². The van der Waals surface area contributed by atoms with Crippen molar-refractivity contribution in [1.29, 1.82) is 0 Å². The molecule has 2 N–H and O–H groups in total. The number of nitrogens with zero attached hydrogens (tertiary/aromatic N) is 2. The number of aromatic nitrogens is 2. The summed E-state index contributed by atoms with van der Waals surface area (Å²) in [7, 11) is 3.56. The maximum Gasteiger partial charge on any atom is 0.0699 e. The van der Waals surface area contributed by atoms with E-state index in [0.29, 0.717) is 0 Å². The van der Waals surface area contributed by atoms with Gasteiger partial charge in [0.1, 0.15) is 0 Å². The quantitative estimate of drug-likeness (QED) is 0.715. The lowest BCUT2D eigenvalue weighted by Gasteiger charge is -2.17. The molecule has 0 amide bonds. The van der Waals surface area contributed by atoms with Crippen LogP contribution in [0.4, 0.5) is 0 Å². The molecule has 0 fully saturated rings. The lowest BCUT2D eigenvalue weighted by atomic mass is 10.1. The van der Waals surface area contributed by atoms with Crippen molar-refractivity contribution in [2.75, 3.05) is 0 Å². The molecule has 2 aromatic heterocycles. The van der Waals surface area contributed by atoms with Crippen molar-refractivity contribution >= 4 is 21.6 Å². The predicted octanol–water partition coefficient (Wildman–Crippen LogP) is 4.28. The summed E-state index contributed by atoms with van der Waals surface area (Å²) in [4.78, 5) is 8.74. The van der Waals surface area contributed by atoms with Gasteiger partial charge in [0.2, 0.25) is 0 Å². The third-order valence-corrected chi connectivity index (χ3v) is 7.35. The van der Waals surface area contributed by atoms with Crippen LogP contribution < -0.4 is 0 Å². The molecule has 2 rings (SSSR count). The van der Waals surface area contributed by atoms with E-state index < -0.39 is 0 Å². The van der Waals surface area contributed by atoms with Gasteiger partial charge in [0.05, 0.1) is 13.2 Å². The first-order valence-electron chi connectivity index (χ1n) is 7.91. The number of pyridine rings is 2. The van der Waals surface area contributed by atoms with Gasteiger partial charge < -0.3 is 10.2 Å². The Morgan fingerprint density at radius 1 is 0.833 bits per heavy atom. The van der Waals surface area contributed by atoms with Crippen LogP contribution >= 0.6 is 21.6 Å². The second kappa shape index (κ2) is 8.85. The number of aliphatic hydroxyl groups excluding tert-OH is 2. The molecule has 2 atom stereocenters. The average molecular weight is 365 g/mol. The van der Waals surface area contributed by atoms with Crippen LogP contribution in [0.3, 0.4) is 0 Å². The summed E-state index contributed by atoms with van der Waals surface area (Å²) in [5.41, 5.74) is 5.75. The zero-order valence-corrected chi connectivity index (χ0v) is 16.1. The molecule has 130 valence electrons. The number of hydrogen-bond acceptors (Lipinski definition) is 6. The topological polar surface area (TPSA) is 66.2 Å². The van der Waals surface area contributed by atoms with Crippen LogP contribution in [0.25, 0.3) is 0 Å². The summed E-state index contributed by atoms with van der Waals surface area (Å²) >= 11 is 0. The standard InChI is InChI=1S/C18H24N2O2S2/c1-11-17(9-21)5-15(7-19-11)13(3)23-24-14(4)16-6-18(10-22)12(2)20-8-16/h5-8,13-14,21-22H,9-10H2,1-4H3. The minimum Gasteiger partial charge on any atom is -0.392 e. The highest BCUT2D eigenvalue weighted by Crippen LogP contribution is 2.45. The Bertz CT molecular complexity index is 635. The van der Waals surface area contributed by atoms with Crippen molar-refractivity contribution in [3.63, 3.8) is 0 Å². The van der Waals surface area contributed by atoms with Gasteiger partial charge in [0, 0.05) is 34.3 Å². The molecule has 0 aromatic carbocycles. The van der Waals surface area contributed by atoms with Crippen molar-refractivity contribution in [1.82, 2.24) is 9.97 Å². The minimum atomic E-state index is 0.0204. The molecule has 2 unspecified atom stereocenters. The van der Waals surface area contributed by atoms with Crippen LogP contribution in [0.2, 0.25) is 0 Å². The fourth-order valence-corrected chi connectivity index (χ4v) is 4.72. The van der Waals surface area contributed by atoms with Crippen molar-refractivity contribution < 1.29 is 10.2 Å². The molecule has 0 aliphatic carbocycles. The van der Waals surface area contributed by atoms with Gasteiger partial charge in [-0.2, -0.15) is 0 Å². The molecule has 6 heteroatoms. The van der Waals surface area contributed by atoms with Crippen LogP contribution in [0, 0.1) is 13.8 Å². The van der Waals surface area contributed by atoms with Crippen molar-refractivity contribution in [3.8, 4) is 0 Å². The molecule has 0 bridgehead atoms. The summed E-state index contributed by atoms with van der Waals surface area (Å²) in [5.74, 6) is 0. The summed E-state index contributed by atoms with van der Waals surface area (Å²) in [6, 6.07) is 4.06. The van der Waals surface area contributed by atoms with Gasteiger partial charge in [-0.1, -0.05) is 21.6 Å². The second-order valence-corrected chi connectivity index (χ2v) is 8.77. The predicted molar refractivity (Wildman–Crippen MR) is 102 cm³/mol. The first-order chi connectivity index (χ1) is 11.5. The van der Waals surface area contributed by atoms with Gasteiger partial charge >= 0.3 is 0 Å². The molecule has 24 heavy (non-hydrogen) atoms. The fourth-order valence-electron chi connectivity index (χ4n) is 2.24. The van der Waals surface area contributed by atoms with Crippen LogP contribution in [0.1, 0.15) is 58.0 Å². The van der Waals surface area contributed by atoms with Gasteiger partial charge in [0.15, 0.2) is 0 Å². The Morgan fingerprint density at radius 2 is 1.21 bits per heavy atom. The van der Waals surface area contributed by atoms with Crippen LogP contribution in [-0.2, 0) is 13.2 Å². The van der Waals surface area contributed by atoms with Gasteiger partial charge in [-0.15, -0.1) is 0 Å². The molecule has 4 nitrogen and oxygen atoms in total. The number of aryl methyl sites for hydroxylation is 2. The molecule has 0 saturated heterocycles. The molecule has 2 heterocycles. The van der Waals surface area contributed by atoms with E-state index in [1.54, 1.807) is 21.6 Å². The molecular formula is C18H24N2O2S2. The van der Waals surface area contributed by atoms with E-state index in [4.69, 9.17) is 0 Å². The first-order valence-corrected chi connectivity index (χ1v) is 10.2. The maximum atomic E-state index is 9.38. The molecule has 2 aromatic rings. The maximum absolute atomic E-state index is 9.38. The van der Waals surface area contributed by atoms with Gasteiger partial charge in [-0.3, -0.25) is 9.97 Å². The molecule has 0 aliphatic rings. The fraction of sp³-hybridized carbons (Fsp3) is 0.444. The molecule has 0 radical (unpaired) electrons. The number of aliphatic hydroxyl groups is 2. The monoisotopic (exact) mass is 364 g/mol. The lowest BCUT2D eigenvalue weighted by Crippen LogP contribution is -1.98. The van der Waals surface area contributed by atoms with E-state index >= 15 is 0 Å². The number of rotatable bonds is 7. The van der Waals surface area contributed by atoms with Crippen LogP contribution in [-0.4, -0.2) is 20.2 Å². The Balaban J connectivity index is 2.01. The highest BCUT2D eigenvalue weighted by Gasteiger charge is 2.14. The van der Waals surface area contributed by atoms with Gasteiger partial charge in [-0.25, -0.2) is 0 Å². The summed E-state index contributed by atoms with van der Waals surface area (Å²) in [6.07, 6.45) is 3.77. The zero-order chi connectivity index (χ0) is 17.7. The third-order valence-electron chi connectivity index (χ3n) is 4.05. The molecule has 0 spiro atoms. The summed E-state index contributed by atoms with van der Waals surface area (Å²) in [6.45, 7) is 8.15. The number of hydrogen-bond donors (Lipinski definition) is 2.